The summed E-state index contributed by atoms with van der Waals surface area (Å²) in [5.41, 5.74) is 7.48. The maximum absolute atomic E-state index is 9.54. The minimum absolute atomic E-state index is 0.163. The Kier molecular flexibility index (Phi) is 7.49. The number of benzene rings is 4. The molecule has 1 spiro atoms. The second-order valence-corrected chi connectivity index (χ2v) is 11.9. The fourth-order valence-electron chi connectivity index (χ4n) is 7.25. The summed E-state index contributed by atoms with van der Waals surface area (Å²) in [5, 5.41) is 14.6. The molecule has 2 fully saturated rings. The molecule has 1 aliphatic heterocycles. The van der Waals surface area contributed by atoms with Crippen molar-refractivity contribution in [1.82, 2.24) is 9.88 Å². The van der Waals surface area contributed by atoms with Crippen molar-refractivity contribution in [3.8, 4) is 22.9 Å². The highest BCUT2D eigenvalue weighted by Crippen LogP contribution is 2.48. The van der Waals surface area contributed by atoms with E-state index in [1.165, 1.54) is 46.9 Å². The molecule has 4 aromatic carbocycles. The van der Waals surface area contributed by atoms with Crippen LogP contribution in [-0.4, -0.2) is 23.8 Å². The molecule has 43 heavy (non-hydrogen) atoms. The Labute approximate surface area is 253 Å². The highest BCUT2D eigenvalue weighted by Gasteiger charge is 2.47. The molecule has 5 nitrogen and oxygen atoms in total. The van der Waals surface area contributed by atoms with Gasteiger partial charge in [-0.3, -0.25) is 5.32 Å². The molecule has 2 heterocycles. The fraction of sp³-hybridized carbons (Fsp3) is 0.289. The first-order valence-electron chi connectivity index (χ1n) is 15.4. The Morgan fingerprint density at radius 1 is 0.907 bits per heavy atom. The van der Waals surface area contributed by atoms with Crippen LogP contribution in [0.5, 0.6) is 5.75 Å². The molecule has 2 aliphatic rings. The topological polar surface area (TPSA) is 59.2 Å². The molecule has 1 saturated heterocycles. The largest absolute Gasteiger partial charge is 0.497 e. The van der Waals surface area contributed by atoms with Gasteiger partial charge in [-0.2, -0.15) is 5.26 Å². The van der Waals surface area contributed by atoms with Crippen LogP contribution in [0.3, 0.4) is 0 Å². The van der Waals surface area contributed by atoms with E-state index in [1.807, 2.05) is 24.3 Å². The number of nitriles is 1. The van der Waals surface area contributed by atoms with Gasteiger partial charge in [-0.15, -0.1) is 0 Å². The van der Waals surface area contributed by atoms with E-state index in [0.717, 1.165) is 42.8 Å². The van der Waals surface area contributed by atoms with Gasteiger partial charge in [0.2, 0.25) is 0 Å². The first-order chi connectivity index (χ1) is 21.2. The first kappa shape index (κ1) is 27.5. The summed E-state index contributed by atoms with van der Waals surface area (Å²) in [4.78, 5) is 0. The van der Waals surface area contributed by atoms with Gasteiger partial charge >= 0.3 is 0 Å². The number of aromatic nitrogens is 1. The zero-order chi connectivity index (χ0) is 29.2. The van der Waals surface area contributed by atoms with Gasteiger partial charge in [0.15, 0.2) is 0 Å². The number of para-hydroxylation sites is 1. The van der Waals surface area contributed by atoms with Crippen LogP contribution >= 0.6 is 0 Å². The lowest BCUT2D eigenvalue weighted by Gasteiger charge is -2.50. The van der Waals surface area contributed by atoms with Gasteiger partial charge in [-0.25, -0.2) is 0 Å². The van der Waals surface area contributed by atoms with Crippen molar-refractivity contribution in [2.24, 2.45) is 0 Å². The van der Waals surface area contributed by atoms with Crippen LogP contribution < -0.4 is 10.1 Å². The van der Waals surface area contributed by atoms with Crippen molar-refractivity contribution in [2.45, 2.75) is 56.4 Å². The molecular weight excluding hydrogens is 530 g/mol. The Morgan fingerprint density at radius 3 is 2.42 bits per heavy atom. The molecule has 216 valence electrons. The number of nitrogens with zero attached hydrogens (tertiary/aromatic N) is 2. The average Bonchev–Trinajstić information content (AvgIpc) is 3.43. The lowest BCUT2D eigenvalue weighted by molar-refractivity contribution is -0.167. The van der Waals surface area contributed by atoms with E-state index >= 15 is 0 Å². The molecule has 2 unspecified atom stereocenters. The number of ether oxygens (including phenoxy) is 2. The maximum atomic E-state index is 9.54. The second kappa shape index (κ2) is 11.7. The Balaban J connectivity index is 1.18. The third-order valence-corrected chi connectivity index (χ3v) is 9.48. The first-order valence-corrected chi connectivity index (χ1v) is 15.4. The van der Waals surface area contributed by atoms with Crippen LogP contribution in [0.25, 0.3) is 22.0 Å². The zero-order valence-electron chi connectivity index (χ0n) is 24.6. The summed E-state index contributed by atoms with van der Waals surface area (Å²) in [6.45, 7) is 1.63. The quantitative estimate of drug-likeness (QED) is 0.224. The highest BCUT2D eigenvalue weighted by molar-refractivity contribution is 5.84. The number of fused-ring (bicyclic) bond motifs is 1. The van der Waals surface area contributed by atoms with E-state index in [4.69, 9.17) is 9.47 Å². The Hall–Kier alpha value is -4.37. The number of methoxy groups -OCH3 is 1. The van der Waals surface area contributed by atoms with Gasteiger partial charge in [0.25, 0.3) is 0 Å². The van der Waals surface area contributed by atoms with Crippen molar-refractivity contribution < 1.29 is 9.47 Å². The summed E-state index contributed by atoms with van der Waals surface area (Å²) in [6, 6.07) is 35.9. The van der Waals surface area contributed by atoms with E-state index in [9.17, 15) is 5.26 Å². The van der Waals surface area contributed by atoms with Gasteiger partial charge < -0.3 is 14.0 Å². The minimum Gasteiger partial charge on any atom is -0.497 e. The maximum Gasteiger partial charge on any atom is 0.137 e. The fourth-order valence-corrected chi connectivity index (χ4v) is 7.25. The van der Waals surface area contributed by atoms with Crippen LogP contribution in [0.4, 0.5) is 0 Å². The van der Waals surface area contributed by atoms with Crippen LogP contribution in [0.2, 0.25) is 0 Å². The molecule has 5 aromatic rings. The van der Waals surface area contributed by atoms with Crippen LogP contribution in [0.1, 0.15) is 66.5 Å². The second-order valence-electron chi connectivity index (χ2n) is 11.9. The summed E-state index contributed by atoms with van der Waals surface area (Å²) >= 11 is 0. The van der Waals surface area contributed by atoms with Crippen molar-refractivity contribution in [2.75, 3.05) is 13.7 Å². The van der Waals surface area contributed by atoms with Gasteiger partial charge in [0, 0.05) is 41.7 Å². The van der Waals surface area contributed by atoms with Crippen molar-refractivity contribution in [3.63, 3.8) is 0 Å². The number of nitrogens with one attached hydrogen (secondary N) is 1. The highest BCUT2D eigenvalue weighted by atomic mass is 16.5. The van der Waals surface area contributed by atoms with Crippen LogP contribution in [0, 0.1) is 11.3 Å². The SMILES string of the molecule is COc1ccc(C2CNC(c3cn(Cc4ccc(-c5ccccc5C#N)cc4)c4ccccc34)OC23CCCCC3)cc1. The van der Waals surface area contributed by atoms with E-state index in [-0.39, 0.29) is 11.8 Å². The number of rotatable bonds is 6. The minimum atomic E-state index is -0.179. The molecule has 1 aliphatic carbocycles. The van der Waals surface area contributed by atoms with Crippen molar-refractivity contribution >= 4 is 10.9 Å². The van der Waals surface area contributed by atoms with E-state index in [2.05, 4.69) is 94.9 Å². The van der Waals surface area contributed by atoms with Crippen LogP contribution in [0.15, 0.2) is 103 Å². The molecule has 0 bridgehead atoms. The summed E-state index contributed by atoms with van der Waals surface area (Å²) in [6.07, 6.45) is 7.98. The molecular formula is C38H37N3O2. The molecule has 5 heteroatoms. The lowest BCUT2D eigenvalue weighted by atomic mass is 9.71. The summed E-state index contributed by atoms with van der Waals surface area (Å²) in [5.74, 6) is 1.19. The molecule has 7 rings (SSSR count). The zero-order valence-corrected chi connectivity index (χ0v) is 24.6. The van der Waals surface area contributed by atoms with Crippen molar-refractivity contribution in [1.29, 1.82) is 5.26 Å². The Bertz CT molecular complexity index is 1760. The smallest absolute Gasteiger partial charge is 0.137 e. The average molecular weight is 568 g/mol. The lowest BCUT2D eigenvalue weighted by Crippen LogP contribution is -2.53. The molecule has 0 radical (unpaired) electrons. The van der Waals surface area contributed by atoms with Gasteiger partial charge in [-0.1, -0.05) is 92.1 Å². The predicted octanol–water partition coefficient (Wildman–Crippen LogP) is 8.34. The van der Waals surface area contributed by atoms with E-state index in [1.54, 1.807) is 7.11 Å². The van der Waals surface area contributed by atoms with Crippen LogP contribution in [-0.2, 0) is 11.3 Å². The normalized spacial score (nSPS) is 19.7. The number of hydrogen-bond acceptors (Lipinski definition) is 4. The summed E-state index contributed by atoms with van der Waals surface area (Å²) < 4.78 is 15.0. The third-order valence-electron chi connectivity index (χ3n) is 9.48. The van der Waals surface area contributed by atoms with Gasteiger partial charge in [0.1, 0.15) is 12.0 Å². The monoisotopic (exact) mass is 567 g/mol. The molecule has 2 atom stereocenters. The van der Waals surface area contributed by atoms with Gasteiger partial charge in [0.05, 0.1) is 24.3 Å². The van der Waals surface area contributed by atoms with E-state index < -0.39 is 0 Å². The molecule has 1 saturated carbocycles. The third kappa shape index (κ3) is 5.22. The number of hydrogen-bond donors (Lipinski definition) is 1. The van der Waals surface area contributed by atoms with Crippen molar-refractivity contribution in [3.05, 3.63) is 126 Å². The Morgan fingerprint density at radius 2 is 1.65 bits per heavy atom. The molecule has 1 N–H and O–H groups in total. The molecule has 0 amide bonds. The molecule has 1 aromatic heterocycles. The standard InChI is InChI=1S/C38H37N3O2/c1-42-31-19-17-29(18-20-31)35-24-40-37(43-38(35)21-7-2-8-22-38)34-26-41(36-12-6-5-11-33(34)36)25-27-13-15-28(16-14-27)32-10-4-3-9-30(32)23-39/h3-6,9-20,26,35,37,40H,2,7-8,21-22,24-25H2,1H3. The van der Waals surface area contributed by atoms with Gasteiger partial charge in [-0.05, 0) is 59.4 Å². The predicted molar refractivity (Wildman–Crippen MR) is 171 cm³/mol. The van der Waals surface area contributed by atoms with E-state index in [0.29, 0.717) is 11.5 Å². The summed E-state index contributed by atoms with van der Waals surface area (Å²) in [7, 11) is 1.72.